The van der Waals surface area contributed by atoms with Gasteiger partial charge < -0.3 is 14.6 Å². The van der Waals surface area contributed by atoms with Crippen molar-refractivity contribution in [2.45, 2.75) is 26.5 Å². The van der Waals surface area contributed by atoms with E-state index in [1.54, 1.807) is 24.4 Å². The van der Waals surface area contributed by atoms with Gasteiger partial charge in [-0.1, -0.05) is 29.8 Å². The van der Waals surface area contributed by atoms with E-state index in [0.29, 0.717) is 33.9 Å². The van der Waals surface area contributed by atoms with E-state index in [1.165, 1.54) is 0 Å². The Kier molecular flexibility index (Phi) is 3.96. The van der Waals surface area contributed by atoms with E-state index in [0.717, 1.165) is 5.56 Å². The van der Waals surface area contributed by atoms with Crippen LogP contribution in [0.2, 0.25) is 5.02 Å². The molecule has 0 radical (unpaired) electrons. The van der Waals surface area contributed by atoms with Gasteiger partial charge in [0.15, 0.2) is 0 Å². The van der Waals surface area contributed by atoms with Crippen LogP contribution in [0.4, 0.5) is 5.69 Å². The number of amides is 1. The Morgan fingerprint density at radius 3 is 2.81 bits per heavy atom. The lowest BCUT2D eigenvalue weighted by molar-refractivity contribution is 0.102. The van der Waals surface area contributed by atoms with Gasteiger partial charge in [-0.3, -0.25) is 9.59 Å². The predicted molar refractivity (Wildman–Crippen MR) is 102 cm³/mol. The molecule has 0 fully saturated rings. The van der Waals surface area contributed by atoms with E-state index in [2.05, 4.69) is 5.32 Å². The number of aromatic nitrogens is 1. The number of halogens is 1. The highest BCUT2D eigenvalue weighted by molar-refractivity contribution is 6.35. The summed E-state index contributed by atoms with van der Waals surface area (Å²) < 4.78 is 7.68. The van der Waals surface area contributed by atoms with Crippen LogP contribution < -0.4 is 15.5 Å². The van der Waals surface area contributed by atoms with Crippen LogP contribution in [0.5, 0.6) is 5.75 Å². The molecule has 2 aromatic carbocycles. The second kappa shape index (κ2) is 6.18. The van der Waals surface area contributed by atoms with Crippen LogP contribution in [-0.4, -0.2) is 16.6 Å². The minimum absolute atomic E-state index is 0.0638. The Labute approximate surface area is 155 Å². The molecule has 26 heavy (non-hydrogen) atoms. The zero-order valence-electron chi connectivity index (χ0n) is 14.4. The van der Waals surface area contributed by atoms with Crippen LogP contribution in [0.25, 0.3) is 10.9 Å². The maximum atomic E-state index is 13.0. The molecule has 0 aliphatic carbocycles. The van der Waals surface area contributed by atoms with Crippen LogP contribution in [0, 0.1) is 6.92 Å². The number of nitrogens with zero attached hydrogens (tertiary/aromatic N) is 1. The van der Waals surface area contributed by atoms with Gasteiger partial charge in [-0.2, -0.15) is 0 Å². The van der Waals surface area contributed by atoms with Crippen LogP contribution in [-0.2, 0) is 6.54 Å². The Balaban J connectivity index is 1.88. The number of hydrogen-bond acceptors (Lipinski definition) is 3. The summed E-state index contributed by atoms with van der Waals surface area (Å²) in [6.45, 7) is 4.37. The summed E-state index contributed by atoms with van der Waals surface area (Å²) in [5.74, 6) is 0.154. The Morgan fingerprint density at radius 2 is 2.04 bits per heavy atom. The number of benzene rings is 2. The molecule has 1 atom stereocenters. The Hall–Kier alpha value is -2.79. The number of nitrogens with one attached hydrogen (secondary N) is 1. The molecular formula is C20H17ClN2O3. The summed E-state index contributed by atoms with van der Waals surface area (Å²) in [4.78, 5) is 25.8. The zero-order chi connectivity index (χ0) is 18.4. The van der Waals surface area contributed by atoms with Crippen LogP contribution >= 0.6 is 11.6 Å². The zero-order valence-corrected chi connectivity index (χ0v) is 15.1. The molecule has 2 heterocycles. The van der Waals surface area contributed by atoms with Gasteiger partial charge in [0, 0.05) is 11.9 Å². The third-order valence-corrected chi connectivity index (χ3v) is 4.87. The highest BCUT2D eigenvalue weighted by atomic mass is 35.5. The van der Waals surface area contributed by atoms with Crippen molar-refractivity contribution in [1.82, 2.24) is 4.57 Å². The topological polar surface area (TPSA) is 60.3 Å². The van der Waals surface area contributed by atoms with Crippen molar-refractivity contribution in [2.75, 3.05) is 5.32 Å². The quantitative estimate of drug-likeness (QED) is 0.743. The molecule has 4 rings (SSSR count). The van der Waals surface area contributed by atoms with Crippen molar-refractivity contribution in [3.63, 3.8) is 0 Å². The van der Waals surface area contributed by atoms with Crippen molar-refractivity contribution < 1.29 is 9.53 Å². The molecule has 0 spiro atoms. The molecule has 0 saturated heterocycles. The number of hydrogen-bond donors (Lipinski definition) is 1. The summed E-state index contributed by atoms with van der Waals surface area (Å²) in [7, 11) is 0. The third kappa shape index (κ3) is 2.65. The van der Waals surface area contributed by atoms with Crippen LogP contribution in [0.3, 0.4) is 0 Å². The lowest BCUT2D eigenvalue weighted by atomic mass is 10.1. The van der Waals surface area contributed by atoms with Gasteiger partial charge in [0.05, 0.1) is 22.5 Å². The molecule has 1 aromatic heterocycles. The van der Waals surface area contributed by atoms with Gasteiger partial charge >= 0.3 is 0 Å². The van der Waals surface area contributed by atoms with Gasteiger partial charge in [0.1, 0.15) is 17.4 Å². The molecule has 0 bridgehead atoms. The minimum atomic E-state index is -0.449. The summed E-state index contributed by atoms with van der Waals surface area (Å²) in [5, 5.41) is 3.44. The molecule has 0 saturated carbocycles. The standard InChI is InChI=1S/C20H17ClN2O3/c1-11-5-3-4-6-15(11)22-20(25)13-10-23-9-12(2)26-16-8-7-14(21)17(18(16)23)19(13)24/h3-8,10,12H,9H2,1-2H3,(H,22,25)/t12-/m1/s1. The maximum Gasteiger partial charge on any atom is 0.261 e. The molecule has 132 valence electrons. The number of carbonyl (C=O) groups is 1. The molecule has 1 aliphatic rings. The average molecular weight is 369 g/mol. The SMILES string of the molecule is Cc1ccccc1NC(=O)c1cn2c3c(ccc(Cl)c3c1=O)O[C@H](C)C2. The Morgan fingerprint density at radius 1 is 1.27 bits per heavy atom. The summed E-state index contributed by atoms with van der Waals surface area (Å²) in [5.41, 5.74) is 1.90. The molecular weight excluding hydrogens is 352 g/mol. The molecule has 1 aliphatic heterocycles. The van der Waals surface area contributed by atoms with Crippen LogP contribution in [0.15, 0.2) is 47.4 Å². The summed E-state index contributed by atoms with van der Waals surface area (Å²) >= 11 is 6.29. The first-order valence-corrected chi connectivity index (χ1v) is 8.73. The van der Waals surface area contributed by atoms with Gasteiger partial charge in [0.25, 0.3) is 5.91 Å². The first kappa shape index (κ1) is 16.7. The largest absolute Gasteiger partial charge is 0.487 e. The first-order chi connectivity index (χ1) is 12.5. The third-order valence-electron chi connectivity index (χ3n) is 4.55. The maximum absolute atomic E-state index is 13.0. The number of rotatable bonds is 2. The minimum Gasteiger partial charge on any atom is -0.487 e. The average Bonchev–Trinajstić information content (AvgIpc) is 2.60. The van der Waals surface area contributed by atoms with Crippen molar-refractivity contribution in [3.05, 3.63) is 69.0 Å². The smallest absolute Gasteiger partial charge is 0.261 e. The molecule has 1 N–H and O–H groups in total. The fraction of sp³-hybridized carbons (Fsp3) is 0.200. The van der Waals surface area contributed by atoms with Crippen LogP contribution in [0.1, 0.15) is 22.8 Å². The van der Waals surface area contributed by atoms with E-state index in [4.69, 9.17) is 16.3 Å². The molecule has 3 aromatic rings. The highest BCUT2D eigenvalue weighted by Crippen LogP contribution is 2.33. The fourth-order valence-corrected chi connectivity index (χ4v) is 3.54. The number of carbonyl (C=O) groups excluding carboxylic acids is 1. The number of ether oxygens (including phenoxy) is 1. The van der Waals surface area contributed by atoms with E-state index >= 15 is 0 Å². The van der Waals surface area contributed by atoms with E-state index < -0.39 is 11.3 Å². The lowest BCUT2D eigenvalue weighted by Gasteiger charge is -2.26. The second-order valence-corrected chi connectivity index (χ2v) is 6.90. The summed E-state index contributed by atoms with van der Waals surface area (Å²) in [6, 6.07) is 10.8. The van der Waals surface area contributed by atoms with Gasteiger partial charge in [-0.15, -0.1) is 0 Å². The number of para-hydroxylation sites is 1. The monoisotopic (exact) mass is 368 g/mol. The molecule has 6 heteroatoms. The van der Waals surface area contributed by atoms with E-state index in [1.807, 2.05) is 36.6 Å². The van der Waals surface area contributed by atoms with Crippen molar-refractivity contribution in [2.24, 2.45) is 0 Å². The first-order valence-electron chi connectivity index (χ1n) is 8.35. The number of pyridine rings is 1. The predicted octanol–water partition coefficient (Wildman–Crippen LogP) is 4.00. The van der Waals surface area contributed by atoms with Crippen molar-refractivity contribution in [3.8, 4) is 5.75 Å². The highest BCUT2D eigenvalue weighted by Gasteiger charge is 2.24. The van der Waals surface area contributed by atoms with E-state index in [-0.39, 0.29) is 11.7 Å². The van der Waals surface area contributed by atoms with Crippen molar-refractivity contribution >= 4 is 34.1 Å². The van der Waals surface area contributed by atoms with Gasteiger partial charge in [0.2, 0.25) is 5.43 Å². The van der Waals surface area contributed by atoms with E-state index in [9.17, 15) is 9.59 Å². The second-order valence-electron chi connectivity index (χ2n) is 6.49. The molecule has 5 nitrogen and oxygen atoms in total. The van der Waals surface area contributed by atoms with Gasteiger partial charge in [-0.25, -0.2) is 0 Å². The Bertz CT molecular complexity index is 1100. The van der Waals surface area contributed by atoms with Crippen molar-refractivity contribution in [1.29, 1.82) is 0 Å². The molecule has 0 unspecified atom stereocenters. The normalized spacial score (nSPS) is 15.6. The number of aryl methyl sites for hydroxylation is 1. The fourth-order valence-electron chi connectivity index (χ4n) is 3.30. The lowest BCUT2D eigenvalue weighted by Crippen LogP contribution is -2.30. The van der Waals surface area contributed by atoms with Gasteiger partial charge in [-0.05, 0) is 37.6 Å². The summed E-state index contributed by atoms with van der Waals surface area (Å²) in [6.07, 6.45) is 1.53. The number of anilines is 1. The molecule has 1 amide bonds.